The topological polar surface area (TPSA) is 104 Å². The molecule has 31 heavy (non-hydrogen) atoms. The SMILES string of the molecule is CCOC(=O)c1cccc(Cn2cnc3scc(-c4cccc([N+](=O)[O-])c4)c3c2=O)c1. The summed E-state index contributed by atoms with van der Waals surface area (Å²) in [6, 6.07) is 13.1. The fraction of sp³-hybridized carbons (Fsp3) is 0.136. The number of rotatable bonds is 6. The number of non-ortho nitro benzene ring substituents is 1. The van der Waals surface area contributed by atoms with E-state index in [1.165, 1.54) is 34.4 Å². The zero-order chi connectivity index (χ0) is 22.0. The highest BCUT2D eigenvalue weighted by molar-refractivity contribution is 7.17. The molecule has 0 aliphatic carbocycles. The summed E-state index contributed by atoms with van der Waals surface area (Å²) in [5, 5.41) is 13.3. The Labute approximate surface area is 180 Å². The van der Waals surface area contributed by atoms with Gasteiger partial charge in [-0.2, -0.15) is 0 Å². The number of ether oxygens (including phenoxy) is 1. The molecule has 0 radical (unpaired) electrons. The van der Waals surface area contributed by atoms with Crippen molar-refractivity contribution in [3.05, 3.63) is 91.8 Å². The van der Waals surface area contributed by atoms with Crippen molar-refractivity contribution in [2.75, 3.05) is 6.61 Å². The number of nitro groups is 1. The lowest BCUT2D eigenvalue weighted by Crippen LogP contribution is -2.21. The lowest BCUT2D eigenvalue weighted by molar-refractivity contribution is -0.384. The van der Waals surface area contributed by atoms with Gasteiger partial charge < -0.3 is 4.74 Å². The average molecular weight is 435 g/mol. The normalized spacial score (nSPS) is 10.9. The van der Waals surface area contributed by atoms with Crippen LogP contribution in [0.15, 0.2) is 65.0 Å². The van der Waals surface area contributed by atoms with Crippen molar-refractivity contribution in [2.45, 2.75) is 13.5 Å². The lowest BCUT2D eigenvalue weighted by atomic mass is 10.1. The van der Waals surface area contributed by atoms with Gasteiger partial charge in [-0.1, -0.05) is 24.3 Å². The van der Waals surface area contributed by atoms with Crippen molar-refractivity contribution in [3.8, 4) is 11.1 Å². The average Bonchev–Trinajstić information content (AvgIpc) is 3.21. The van der Waals surface area contributed by atoms with Crippen molar-refractivity contribution in [1.29, 1.82) is 0 Å². The van der Waals surface area contributed by atoms with Gasteiger partial charge in [0.1, 0.15) is 4.83 Å². The highest BCUT2D eigenvalue weighted by Crippen LogP contribution is 2.32. The molecule has 0 atom stereocenters. The molecule has 4 aromatic rings. The van der Waals surface area contributed by atoms with E-state index < -0.39 is 10.9 Å². The van der Waals surface area contributed by atoms with Gasteiger partial charge in [0.05, 0.1) is 35.4 Å². The Hall–Kier alpha value is -3.85. The van der Waals surface area contributed by atoms with Crippen LogP contribution < -0.4 is 5.56 Å². The van der Waals surface area contributed by atoms with Gasteiger partial charge in [-0.05, 0) is 30.2 Å². The molecule has 0 saturated heterocycles. The molecule has 2 aromatic carbocycles. The summed E-state index contributed by atoms with van der Waals surface area (Å²) in [7, 11) is 0. The molecule has 0 amide bonds. The van der Waals surface area contributed by atoms with Crippen molar-refractivity contribution < 1.29 is 14.5 Å². The molecule has 156 valence electrons. The van der Waals surface area contributed by atoms with Gasteiger partial charge in [-0.25, -0.2) is 9.78 Å². The summed E-state index contributed by atoms with van der Waals surface area (Å²) in [6.45, 7) is 2.24. The third-order valence-corrected chi connectivity index (χ3v) is 5.61. The van der Waals surface area contributed by atoms with Gasteiger partial charge in [0.25, 0.3) is 11.2 Å². The van der Waals surface area contributed by atoms with Crippen LogP contribution in [-0.4, -0.2) is 27.1 Å². The maximum Gasteiger partial charge on any atom is 0.338 e. The molecule has 0 fully saturated rings. The van der Waals surface area contributed by atoms with E-state index in [1.54, 1.807) is 42.6 Å². The second-order valence-corrected chi connectivity index (χ2v) is 7.59. The minimum Gasteiger partial charge on any atom is -0.462 e. The van der Waals surface area contributed by atoms with E-state index in [9.17, 15) is 19.7 Å². The van der Waals surface area contributed by atoms with Gasteiger partial charge in [-0.3, -0.25) is 19.5 Å². The van der Waals surface area contributed by atoms with E-state index in [2.05, 4.69) is 4.98 Å². The number of fused-ring (bicyclic) bond motifs is 1. The van der Waals surface area contributed by atoms with Gasteiger partial charge in [-0.15, -0.1) is 11.3 Å². The monoisotopic (exact) mass is 435 g/mol. The van der Waals surface area contributed by atoms with Crippen molar-refractivity contribution in [1.82, 2.24) is 9.55 Å². The van der Waals surface area contributed by atoms with Gasteiger partial charge in [0, 0.05) is 23.1 Å². The summed E-state index contributed by atoms with van der Waals surface area (Å²) in [4.78, 5) is 40.8. The number of hydrogen-bond donors (Lipinski definition) is 0. The summed E-state index contributed by atoms with van der Waals surface area (Å²) >= 11 is 1.31. The Morgan fingerprint density at radius 3 is 2.81 bits per heavy atom. The first kappa shape index (κ1) is 20.4. The Balaban J connectivity index is 1.74. The number of hydrogen-bond acceptors (Lipinski definition) is 7. The van der Waals surface area contributed by atoms with Gasteiger partial charge in [0.15, 0.2) is 0 Å². The van der Waals surface area contributed by atoms with Crippen LogP contribution in [0, 0.1) is 10.1 Å². The molecule has 0 spiro atoms. The van der Waals surface area contributed by atoms with Crippen LogP contribution in [0.2, 0.25) is 0 Å². The highest BCUT2D eigenvalue weighted by atomic mass is 32.1. The summed E-state index contributed by atoms with van der Waals surface area (Å²) in [6.07, 6.45) is 1.47. The Kier molecular flexibility index (Phi) is 5.59. The zero-order valence-electron chi connectivity index (χ0n) is 16.5. The minimum absolute atomic E-state index is 0.0446. The summed E-state index contributed by atoms with van der Waals surface area (Å²) in [5.41, 5.74) is 2.05. The first-order valence-corrected chi connectivity index (χ1v) is 10.3. The fourth-order valence-electron chi connectivity index (χ4n) is 3.29. The number of benzene rings is 2. The first-order valence-electron chi connectivity index (χ1n) is 9.45. The maximum absolute atomic E-state index is 13.2. The molecular formula is C22H17N3O5S. The van der Waals surface area contributed by atoms with E-state index in [-0.39, 0.29) is 24.4 Å². The highest BCUT2D eigenvalue weighted by Gasteiger charge is 2.16. The molecule has 9 heteroatoms. The minimum atomic E-state index is -0.467. The van der Waals surface area contributed by atoms with Crippen LogP contribution in [0.3, 0.4) is 0 Å². The summed E-state index contributed by atoms with van der Waals surface area (Å²) in [5.74, 6) is -0.420. The number of thiophene rings is 1. The molecule has 4 rings (SSSR count). The smallest absolute Gasteiger partial charge is 0.338 e. The second-order valence-electron chi connectivity index (χ2n) is 6.74. The number of carbonyl (C=O) groups is 1. The Morgan fingerprint density at radius 1 is 1.23 bits per heavy atom. The van der Waals surface area contributed by atoms with Crippen molar-refractivity contribution in [2.24, 2.45) is 0 Å². The molecule has 0 unspecified atom stereocenters. The zero-order valence-corrected chi connectivity index (χ0v) is 17.3. The molecule has 2 aromatic heterocycles. The molecular weight excluding hydrogens is 418 g/mol. The fourth-order valence-corrected chi connectivity index (χ4v) is 4.19. The van der Waals surface area contributed by atoms with Gasteiger partial charge in [0.2, 0.25) is 0 Å². The van der Waals surface area contributed by atoms with Crippen LogP contribution in [0.4, 0.5) is 5.69 Å². The van der Waals surface area contributed by atoms with E-state index in [1.807, 2.05) is 6.07 Å². The largest absolute Gasteiger partial charge is 0.462 e. The Morgan fingerprint density at radius 2 is 2.03 bits per heavy atom. The van der Waals surface area contributed by atoms with Crippen LogP contribution in [0.25, 0.3) is 21.3 Å². The van der Waals surface area contributed by atoms with Crippen LogP contribution in [0.1, 0.15) is 22.8 Å². The molecule has 8 nitrogen and oxygen atoms in total. The third-order valence-electron chi connectivity index (χ3n) is 4.72. The number of nitro benzene ring substituents is 1. The lowest BCUT2D eigenvalue weighted by Gasteiger charge is -2.08. The second kappa shape index (κ2) is 8.49. The molecule has 0 saturated carbocycles. The maximum atomic E-state index is 13.2. The standard InChI is InChI=1S/C22H17N3O5S/c1-2-30-22(27)16-7-3-5-14(9-16)11-24-13-23-20-19(21(24)26)18(12-31-20)15-6-4-8-17(10-15)25(28)29/h3-10,12-13H,2,11H2,1H3. The third kappa shape index (κ3) is 4.08. The number of carbonyl (C=O) groups excluding carboxylic acids is 1. The number of aromatic nitrogens is 2. The van der Waals surface area contributed by atoms with Crippen LogP contribution in [-0.2, 0) is 11.3 Å². The van der Waals surface area contributed by atoms with E-state index in [0.29, 0.717) is 26.9 Å². The first-order chi connectivity index (χ1) is 15.0. The Bertz CT molecular complexity index is 1360. The quantitative estimate of drug-likeness (QED) is 0.255. The van der Waals surface area contributed by atoms with Crippen LogP contribution in [0.5, 0.6) is 0 Å². The van der Waals surface area contributed by atoms with E-state index >= 15 is 0 Å². The molecule has 0 aliphatic heterocycles. The van der Waals surface area contributed by atoms with Crippen molar-refractivity contribution in [3.63, 3.8) is 0 Å². The molecule has 0 bridgehead atoms. The number of nitrogens with zero attached hydrogens (tertiary/aromatic N) is 3. The molecule has 0 aliphatic rings. The van der Waals surface area contributed by atoms with Crippen LogP contribution >= 0.6 is 11.3 Å². The van der Waals surface area contributed by atoms with Crippen molar-refractivity contribution >= 4 is 33.2 Å². The molecule has 2 heterocycles. The predicted octanol–water partition coefficient (Wildman–Crippen LogP) is 4.26. The molecule has 0 N–H and O–H groups in total. The summed E-state index contributed by atoms with van der Waals surface area (Å²) < 4.78 is 6.49. The van der Waals surface area contributed by atoms with E-state index in [4.69, 9.17) is 4.74 Å². The number of esters is 1. The predicted molar refractivity (Wildman–Crippen MR) is 117 cm³/mol. The van der Waals surface area contributed by atoms with E-state index in [0.717, 1.165) is 5.56 Å². The van der Waals surface area contributed by atoms with Gasteiger partial charge >= 0.3 is 5.97 Å².